The van der Waals surface area contributed by atoms with E-state index in [2.05, 4.69) is 37.1 Å². The number of hydrogen-bond acceptors (Lipinski definition) is 2. The van der Waals surface area contributed by atoms with Gasteiger partial charge in [-0.15, -0.1) is 0 Å². The average molecular weight is 216 g/mol. The smallest absolute Gasteiger partial charge is 0.0566 e. The van der Waals surface area contributed by atoms with E-state index in [0.29, 0.717) is 0 Å². The zero-order valence-corrected chi connectivity index (χ0v) is 10.3. The molecule has 1 heterocycles. The summed E-state index contributed by atoms with van der Waals surface area (Å²) >= 11 is 0. The van der Waals surface area contributed by atoms with Gasteiger partial charge >= 0.3 is 0 Å². The minimum Gasteiger partial charge on any atom is -0.360 e. The average Bonchev–Trinajstić information content (AvgIpc) is 2.35. The molecule has 0 saturated heterocycles. The molecule has 0 bridgehead atoms. The van der Waals surface area contributed by atoms with Crippen LogP contribution in [0.4, 0.5) is 5.69 Å². The lowest BCUT2D eigenvalue weighted by Gasteiger charge is -2.00. The number of nitrogens with zero attached hydrogens (tertiary/aromatic N) is 1. The fourth-order valence-electron chi connectivity index (χ4n) is 1.19. The molecule has 86 valence electrons. The fraction of sp³-hybridized carbons (Fsp3) is 0.357. The molecule has 0 aromatic carbocycles. The molecule has 1 aromatic rings. The van der Waals surface area contributed by atoms with Crippen LogP contribution in [-0.2, 0) is 6.42 Å². The fourth-order valence-corrected chi connectivity index (χ4v) is 1.19. The summed E-state index contributed by atoms with van der Waals surface area (Å²) in [5, 5.41) is 3.19. The van der Waals surface area contributed by atoms with Gasteiger partial charge in [-0.2, -0.15) is 0 Å². The van der Waals surface area contributed by atoms with Gasteiger partial charge in [0.2, 0.25) is 0 Å². The number of anilines is 1. The molecule has 1 rings (SSSR count). The first-order chi connectivity index (χ1) is 7.76. The lowest BCUT2D eigenvalue weighted by atomic mass is 10.2. The lowest BCUT2D eigenvalue weighted by Crippen LogP contribution is -1.90. The molecule has 0 amide bonds. The van der Waals surface area contributed by atoms with Gasteiger partial charge in [-0.1, -0.05) is 25.5 Å². The van der Waals surface area contributed by atoms with Crippen LogP contribution in [0.3, 0.4) is 0 Å². The Kier molecular flexibility index (Phi) is 5.34. The monoisotopic (exact) mass is 216 g/mol. The molecule has 2 nitrogen and oxygen atoms in total. The highest BCUT2D eigenvalue weighted by Crippen LogP contribution is 2.06. The summed E-state index contributed by atoms with van der Waals surface area (Å²) in [7, 11) is 0. The Morgan fingerprint density at radius 1 is 1.38 bits per heavy atom. The zero-order valence-electron chi connectivity index (χ0n) is 10.3. The van der Waals surface area contributed by atoms with Gasteiger partial charge in [0.05, 0.1) is 11.9 Å². The van der Waals surface area contributed by atoms with Crippen LogP contribution in [0.15, 0.2) is 42.3 Å². The minimum absolute atomic E-state index is 0.981. The van der Waals surface area contributed by atoms with Crippen molar-refractivity contribution in [3.8, 4) is 0 Å². The van der Waals surface area contributed by atoms with Gasteiger partial charge in [0.15, 0.2) is 0 Å². The summed E-state index contributed by atoms with van der Waals surface area (Å²) < 4.78 is 0. The highest BCUT2D eigenvalue weighted by molar-refractivity contribution is 5.43. The molecule has 1 N–H and O–H groups in total. The Morgan fingerprint density at radius 2 is 2.19 bits per heavy atom. The van der Waals surface area contributed by atoms with Gasteiger partial charge in [-0.25, -0.2) is 0 Å². The van der Waals surface area contributed by atoms with Crippen molar-refractivity contribution >= 4 is 5.69 Å². The number of rotatable bonds is 5. The molecule has 0 aliphatic rings. The van der Waals surface area contributed by atoms with E-state index in [9.17, 15) is 0 Å². The summed E-state index contributed by atoms with van der Waals surface area (Å²) in [5.74, 6) is 0. The van der Waals surface area contributed by atoms with Crippen molar-refractivity contribution in [3.05, 3.63) is 47.9 Å². The van der Waals surface area contributed by atoms with Crippen molar-refractivity contribution in [1.82, 2.24) is 4.98 Å². The molecule has 0 saturated carbocycles. The van der Waals surface area contributed by atoms with Crippen molar-refractivity contribution in [2.45, 2.75) is 33.6 Å². The Morgan fingerprint density at radius 3 is 2.75 bits per heavy atom. The van der Waals surface area contributed by atoms with E-state index >= 15 is 0 Å². The van der Waals surface area contributed by atoms with Crippen molar-refractivity contribution in [1.29, 1.82) is 0 Å². The molecule has 0 spiro atoms. The number of aryl methyl sites for hydroxylation is 1. The topological polar surface area (TPSA) is 24.9 Å². The predicted octanol–water partition coefficient (Wildman–Crippen LogP) is 3.93. The minimum atomic E-state index is 0.981. The Hall–Kier alpha value is -1.57. The van der Waals surface area contributed by atoms with Gasteiger partial charge in [-0.3, -0.25) is 4.98 Å². The number of nitrogens with one attached hydrogen (secondary N) is 1. The van der Waals surface area contributed by atoms with Gasteiger partial charge in [0, 0.05) is 11.9 Å². The largest absolute Gasteiger partial charge is 0.360 e. The summed E-state index contributed by atoms with van der Waals surface area (Å²) in [6, 6.07) is 4.09. The SMILES string of the molecule is CC/C(C)=C/C=C\Nc1ccc(CC)nc1. The molecule has 0 aliphatic carbocycles. The van der Waals surface area contributed by atoms with Crippen LogP contribution in [0.1, 0.15) is 32.9 Å². The summed E-state index contributed by atoms with van der Waals surface area (Å²) in [5.41, 5.74) is 3.52. The molecular formula is C14H20N2. The Bertz CT molecular complexity index is 361. The van der Waals surface area contributed by atoms with Crippen LogP contribution in [0.5, 0.6) is 0 Å². The molecule has 2 heteroatoms. The molecule has 0 fully saturated rings. The maximum Gasteiger partial charge on any atom is 0.0566 e. The van der Waals surface area contributed by atoms with Crippen LogP contribution < -0.4 is 5.32 Å². The first kappa shape index (κ1) is 12.5. The summed E-state index contributed by atoms with van der Waals surface area (Å²) in [6.07, 6.45) is 10.0. The van der Waals surface area contributed by atoms with Crippen LogP contribution in [-0.4, -0.2) is 4.98 Å². The number of allylic oxidation sites excluding steroid dienone is 3. The second-order valence-corrected chi connectivity index (χ2v) is 3.76. The van der Waals surface area contributed by atoms with E-state index in [-0.39, 0.29) is 0 Å². The summed E-state index contributed by atoms with van der Waals surface area (Å²) in [6.45, 7) is 6.39. The number of pyridine rings is 1. The molecule has 0 atom stereocenters. The molecule has 1 aromatic heterocycles. The van der Waals surface area contributed by atoms with Crippen LogP contribution in [0.2, 0.25) is 0 Å². The Balaban J connectivity index is 2.48. The van der Waals surface area contributed by atoms with Crippen molar-refractivity contribution in [2.24, 2.45) is 0 Å². The van der Waals surface area contributed by atoms with Gasteiger partial charge in [0.25, 0.3) is 0 Å². The normalized spacial score (nSPS) is 12.1. The highest BCUT2D eigenvalue weighted by Gasteiger charge is 1.90. The first-order valence-corrected chi connectivity index (χ1v) is 5.80. The van der Waals surface area contributed by atoms with Gasteiger partial charge in [-0.05, 0) is 38.0 Å². The van der Waals surface area contributed by atoms with E-state index in [1.54, 1.807) is 0 Å². The van der Waals surface area contributed by atoms with Crippen molar-refractivity contribution in [2.75, 3.05) is 5.32 Å². The van der Waals surface area contributed by atoms with Crippen LogP contribution in [0, 0.1) is 0 Å². The third-order valence-corrected chi connectivity index (χ3v) is 2.47. The second kappa shape index (κ2) is 6.83. The van der Waals surface area contributed by atoms with Crippen LogP contribution in [0.25, 0.3) is 0 Å². The Labute approximate surface area is 98.1 Å². The van der Waals surface area contributed by atoms with E-state index in [1.165, 1.54) is 5.57 Å². The quantitative estimate of drug-likeness (QED) is 0.754. The maximum absolute atomic E-state index is 4.32. The number of aromatic nitrogens is 1. The lowest BCUT2D eigenvalue weighted by molar-refractivity contribution is 1.04. The molecule has 0 radical (unpaired) electrons. The van der Waals surface area contributed by atoms with E-state index in [1.807, 2.05) is 30.6 Å². The van der Waals surface area contributed by atoms with Gasteiger partial charge in [0.1, 0.15) is 0 Å². The molecule has 0 aliphatic heterocycles. The predicted molar refractivity (Wildman–Crippen MR) is 70.4 cm³/mol. The zero-order chi connectivity index (χ0) is 11.8. The molecule has 16 heavy (non-hydrogen) atoms. The van der Waals surface area contributed by atoms with E-state index < -0.39 is 0 Å². The third-order valence-electron chi connectivity index (χ3n) is 2.47. The van der Waals surface area contributed by atoms with Gasteiger partial charge < -0.3 is 5.32 Å². The van der Waals surface area contributed by atoms with E-state index in [0.717, 1.165) is 24.2 Å². The number of hydrogen-bond donors (Lipinski definition) is 1. The summed E-state index contributed by atoms with van der Waals surface area (Å²) in [4.78, 5) is 4.32. The molecule has 0 unspecified atom stereocenters. The highest BCUT2D eigenvalue weighted by atomic mass is 14.9. The molecular weight excluding hydrogens is 196 g/mol. The third kappa shape index (κ3) is 4.30. The first-order valence-electron chi connectivity index (χ1n) is 5.80. The van der Waals surface area contributed by atoms with Crippen LogP contribution >= 0.6 is 0 Å². The van der Waals surface area contributed by atoms with Crippen molar-refractivity contribution in [3.63, 3.8) is 0 Å². The standard InChI is InChI=1S/C14H20N2/c1-4-12(3)7-6-10-15-14-9-8-13(5-2)16-11-14/h6-11,15H,4-5H2,1-3H3/b10-6-,12-7+. The van der Waals surface area contributed by atoms with Crippen molar-refractivity contribution < 1.29 is 0 Å². The second-order valence-electron chi connectivity index (χ2n) is 3.76. The van der Waals surface area contributed by atoms with E-state index in [4.69, 9.17) is 0 Å². The maximum atomic E-state index is 4.32.